The van der Waals surface area contributed by atoms with Crippen molar-refractivity contribution in [1.82, 2.24) is 0 Å². The molecule has 129 valence electrons. The van der Waals surface area contributed by atoms with Crippen LogP contribution in [0.25, 0.3) is 0 Å². The van der Waals surface area contributed by atoms with Gasteiger partial charge in [0.15, 0.2) is 0 Å². The van der Waals surface area contributed by atoms with Crippen molar-refractivity contribution in [3.8, 4) is 5.75 Å². The standard InChI is InChI=1S/C8H11As3NO11/c1-3(13)12-5-2-4(9(15,16)17)6(10(18,19)20)8(14)7(5)11(21,22)23/h14H,1H3,(H,12,13)(H2,15,16,17)(H2,18,19,20)(H2,21,22,23). The minimum atomic E-state index is -6.23. The van der Waals surface area contributed by atoms with Gasteiger partial charge in [-0.2, -0.15) is 0 Å². The molecule has 1 rings (SSSR count). The minimum absolute atomic E-state index is 0.893. The fourth-order valence-electron chi connectivity index (χ4n) is 1.62. The summed E-state index contributed by atoms with van der Waals surface area (Å²) < 4.78 is 85.4. The maximum atomic E-state index is 11.5. The molecule has 0 aliphatic carbocycles. The number of rotatable bonds is 4. The summed E-state index contributed by atoms with van der Waals surface area (Å²) in [7, 11) is 0. The number of amides is 1. The van der Waals surface area contributed by atoms with E-state index in [1.165, 1.54) is 0 Å². The van der Waals surface area contributed by atoms with Crippen LogP contribution in [0.5, 0.6) is 5.75 Å². The van der Waals surface area contributed by atoms with Gasteiger partial charge < -0.3 is 0 Å². The van der Waals surface area contributed by atoms with Crippen LogP contribution in [0.4, 0.5) is 5.69 Å². The maximum absolute atomic E-state index is 11.5. The first-order valence-corrected chi connectivity index (χ1v) is 15.5. The van der Waals surface area contributed by atoms with Gasteiger partial charge in [-0.3, -0.25) is 0 Å². The van der Waals surface area contributed by atoms with E-state index in [0.29, 0.717) is 0 Å². The van der Waals surface area contributed by atoms with Crippen molar-refractivity contribution in [2.45, 2.75) is 6.92 Å². The Hall–Kier alpha value is -0.675. The first kappa shape index (κ1) is 20.4. The Morgan fingerprint density at radius 1 is 0.913 bits per heavy atom. The van der Waals surface area contributed by atoms with Crippen LogP contribution in [0.2, 0.25) is 0 Å². The van der Waals surface area contributed by atoms with Crippen LogP contribution in [0, 0.1) is 6.07 Å². The van der Waals surface area contributed by atoms with Crippen LogP contribution < -0.4 is 18.4 Å². The molecule has 0 heterocycles. The fraction of sp³-hybridized carbons (Fsp3) is 0.125. The SMILES string of the molecule is CC(=O)Nc1[c]c([As](=O)(O)O)c([As](=O)(O)O)c(O)c1[As](=O)(O)O. The summed E-state index contributed by atoms with van der Waals surface area (Å²) in [5.41, 5.74) is -0.963. The molecule has 1 aromatic rings. The van der Waals surface area contributed by atoms with Gasteiger partial charge in [-0.15, -0.1) is 0 Å². The number of hydrogen-bond donors (Lipinski definition) is 8. The Morgan fingerprint density at radius 3 is 1.65 bits per heavy atom. The van der Waals surface area contributed by atoms with Gasteiger partial charge in [0.2, 0.25) is 0 Å². The number of anilines is 1. The molecule has 0 fully saturated rings. The zero-order valence-corrected chi connectivity index (χ0v) is 16.7. The van der Waals surface area contributed by atoms with E-state index in [9.17, 15) is 45.7 Å². The molecule has 1 amide bonds. The number of hydrogen-bond acceptors (Lipinski definition) is 5. The van der Waals surface area contributed by atoms with Crippen molar-refractivity contribution in [3.05, 3.63) is 6.07 Å². The Kier molecular flexibility index (Phi) is 5.60. The molecular weight excluding hydrogens is 511 g/mol. The summed E-state index contributed by atoms with van der Waals surface area (Å²) in [6.07, 6.45) is 0. The van der Waals surface area contributed by atoms with E-state index < -0.39 is 72.9 Å². The normalized spacial score (nSPS) is 13.0. The van der Waals surface area contributed by atoms with Gasteiger partial charge in [-0.05, 0) is 0 Å². The van der Waals surface area contributed by atoms with E-state index in [-0.39, 0.29) is 0 Å². The van der Waals surface area contributed by atoms with Gasteiger partial charge in [0.1, 0.15) is 0 Å². The van der Waals surface area contributed by atoms with Crippen molar-refractivity contribution >= 4 is 67.2 Å². The molecule has 1 radical (unpaired) electrons. The number of carbonyl (C=O) groups is 1. The Balaban J connectivity index is 4.08. The van der Waals surface area contributed by atoms with E-state index in [2.05, 4.69) is 0 Å². The molecule has 0 aliphatic heterocycles. The fourth-order valence-corrected chi connectivity index (χ4v) is 9.38. The van der Waals surface area contributed by atoms with Crippen LogP contribution >= 0.6 is 0 Å². The van der Waals surface area contributed by atoms with Crippen LogP contribution in [-0.4, -0.2) is 78.1 Å². The Labute approximate surface area is 136 Å². The number of aromatic hydroxyl groups is 1. The second-order valence-electron chi connectivity index (χ2n) is 4.21. The molecule has 8 N–H and O–H groups in total. The molecule has 23 heavy (non-hydrogen) atoms. The molecule has 0 aromatic heterocycles. The molecular formula is C8H11As3NO11. The van der Waals surface area contributed by atoms with Gasteiger partial charge in [0, 0.05) is 0 Å². The molecule has 0 saturated heterocycles. The van der Waals surface area contributed by atoms with Crippen molar-refractivity contribution < 1.29 is 45.7 Å². The Bertz CT molecular complexity index is 800. The quantitative estimate of drug-likeness (QED) is 0.174. The van der Waals surface area contributed by atoms with Crippen molar-refractivity contribution in [2.75, 3.05) is 5.32 Å². The van der Waals surface area contributed by atoms with E-state index >= 15 is 0 Å². The average molecular weight is 522 g/mol. The second-order valence-corrected chi connectivity index (χ2v) is 13.9. The molecule has 0 saturated carbocycles. The number of phenolic OH excluding ortho intramolecular Hbond substituents is 1. The first-order chi connectivity index (χ1) is 10.1. The zero-order valence-electron chi connectivity index (χ0n) is 11.1. The number of phenols is 1. The van der Waals surface area contributed by atoms with E-state index in [1.807, 2.05) is 0 Å². The number of nitrogens with one attached hydrogen (secondary N) is 1. The topological polar surface area (TPSA) is 222 Å². The van der Waals surface area contributed by atoms with Gasteiger partial charge >= 0.3 is 137 Å². The van der Waals surface area contributed by atoms with Crippen LogP contribution in [-0.2, 0) is 16.0 Å². The molecule has 0 spiro atoms. The predicted octanol–water partition coefficient (Wildman–Crippen LogP) is -6.17. The third-order valence-electron chi connectivity index (χ3n) is 2.33. The van der Waals surface area contributed by atoms with Gasteiger partial charge in [-0.1, -0.05) is 0 Å². The molecule has 0 aliphatic rings. The van der Waals surface area contributed by atoms with Gasteiger partial charge in [0.25, 0.3) is 0 Å². The van der Waals surface area contributed by atoms with Crippen LogP contribution in [0.3, 0.4) is 0 Å². The summed E-state index contributed by atoms with van der Waals surface area (Å²) in [5, 5.41) is 11.6. The third kappa shape index (κ3) is 4.66. The van der Waals surface area contributed by atoms with Crippen molar-refractivity contribution in [3.63, 3.8) is 0 Å². The predicted molar refractivity (Wildman–Crippen MR) is 72.8 cm³/mol. The third-order valence-corrected chi connectivity index (χ3v) is 9.36. The molecule has 0 bridgehead atoms. The average Bonchev–Trinajstić information content (AvgIpc) is 2.21. The summed E-state index contributed by atoms with van der Waals surface area (Å²) in [5.74, 6) is -2.60. The summed E-state index contributed by atoms with van der Waals surface area (Å²) in [4.78, 5) is 11.0. The first-order valence-electron chi connectivity index (χ1n) is 5.35. The van der Waals surface area contributed by atoms with E-state index in [4.69, 9.17) is 0 Å². The van der Waals surface area contributed by atoms with Crippen molar-refractivity contribution in [2.24, 2.45) is 0 Å². The second kappa shape index (κ2) is 6.32. The number of carbonyl (C=O) groups excluding carboxylic acids is 1. The van der Waals surface area contributed by atoms with Gasteiger partial charge in [-0.25, -0.2) is 0 Å². The molecule has 0 unspecified atom stereocenters. The van der Waals surface area contributed by atoms with Crippen LogP contribution in [0.1, 0.15) is 6.92 Å². The summed E-state index contributed by atoms with van der Waals surface area (Å²) in [6.45, 7) is 0.893. The number of benzene rings is 1. The van der Waals surface area contributed by atoms with Crippen molar-refractivity contribution in [1.29, 1.82) is 0 Å². The monoisotopic (exact) mass is 522 g/mol. The summed E-state index contributed by atoms with van der Waals surface area (Å²) in [6, 6.07) is 1.72. The molecule has 1 aromatic carbocycles. The summed E-state index contributed by atoms with van der Waals surface area (Å²) >= 11 is -18.4. The molecule has 0 atom stereocenters. The van der Waals surface area contributed by atoms with E-state index in [0.717, 1.165) is 6.92 Å². The van der Waals surface area contributed by atoms with Gasteiger partial charge in [0.05, 0.1) is 0 Å². The molecule has 12 nitrogen and oxygen atoms in total. The molecule has 15 heteroatoms. The van der Waals surface area contributed by atoms with Crippen LogP contribution in [0.15, 0.2) is 0 Å². The zero-order chi connectivity index (χ0) is 18.4. The Morgan fingerprint density at radius 2 is 1.35 bits per heavy atom. The van der Waals surface area contributed by atoms with E-state index in [1.54, 1.807) is 11.4 Å².